The Morgan fingerprint density at radius 2 is 1.03 bits per heavy atom. The van der Waals surface area contributed by atoms with Gasteiger partial charge in [-0.3, -0.25) is 83.1 Å². The van der Waals surface area contributed by atoms with Gasteiger partial charge in [-0.05, 0) is 229 Å². The summed E-state index contributed by atoms with van der Waals surface area (Å²) < 4.78 is 0. The van der Waals surface area contributed by atoms with Crippen LogP contribution in [0.3, 0.4) is 0 Å². The number of aliphatic hydroxyl groups is 1. The van der Waals surface area contributed by atoms with Crippen molar-refractivity contribution in [3.8, 4) is 5.75 Å². The topological polar surface area (TPSA) is 607 Å². The van der Waals surface area contributed by atoms with Crippen LogP contribution in [0, 0.1) is 35.5 Å². The summed E-state index contributed by atoms with van der Waals surface area (Å²) in [7, 11) is 0. The zero-order valence-corrected chi connectivity index (χ0v) is 78.9. The SMILES string of the molecule is CC[C@H](C)[C@@H]1NC(=O)C(Cc2ccc(O)cc2)NC(=O)C(C)(N[C@@H](C)C(=O)C(=O)[C@@H]2CCCN2C(=O)C(CCCCN)NC(=O)[C@@H](NC(=O)C(NC(=O)[C@@H](NC(=O)C(CC(C)C)NC(=O)[C@H](CCCCN)NC(=O)C(CCCCN)NC(=O)[C@H](C)NC(=O)[C@@H](NN)[C@@H](C)O)[C@@H](C)CC)C(C)C)C(C)C)CCCC=CCCCC(C)(CON)NC(=O)C(CC(C)C)NC1=O. The molecule has 0 radical (unpaired) electrons. The molecule has 3 rings (SSSR count). The van der Waals surface area contributed by atoms with Gasteiger partial charge < -0.3 is 101 Å². The van der Waals surface area contributed by atoms with Gasteiger partial charge in [-0.15, -0.1) is 0 Å². The fourth-order valence-electron chi connectivity index (χ4n) is 15.5. The molecule has 19 atom stereocenters. The fraction of sp³-hybridized carbons (Fsp3) is 0.744. The van der Waals surface area contributed by atoms with Crippen molar-refractivity contribution < 1.29 is 87.0 Å². The molecule has 128 heavy (non-hydrogen) atoms. The highest BCUT2D eigenvalue weighted by Gasteiger charge is 2.46. The number of phenolic OH excluding ortho intramolecular Hbond substituents is 1. The number of nitrogens with one attached hydrogen (secondary N) is 14. The minimum atomic E-state index is -1.70. The monoisotopic (exact) mass is 1810 g/mol. The Balaban J connectivity index is 1.99. The number of aromatic hydroxyl groups is 1. The van der Waals surface area contributed by atoms with Gasteiger partial charge >= 0.3 is 0 Å². The summed E-state index contributed by atoms with van der Waals surface area (Å²) in [4.78, 5) is 225. The van der Waals surface area contributed by atoms with Crippen molar-refractivity contribution in [3.63, 3.8) is 0 Å². The first-order valence-corrected chi connectivity index (χ1v) is 46.1. The number of carbonyl (C=O) groups excluding carboxylic acids is 15. The third-order valence-electron chi connectivity index (χ3n) is 23.8. The molecule has 26 N–H and O–H groups in total. The molecule has 0 bridgehead atoms. The molecule has 38 nitrogen and oxygen atoms in total. The van der Waals surface area contributed by atoms with E-state index in [1.54, 1.807) is 74.4 Å². The van der Waals surface area contributed by atoms with E-state index in [-0.39, 0.29) is 108 Å². The van der Waals surface area contributed by atoms with Crippen molar-refractivity contribution in [2.24, 2.45) is 64.4 Å². The lowest BCUT2D eigenvalue weighted by molar-refractivity contribution is -0.146. The zero-order chi connectivity index (χ0) is 96.5. The Kier molecular flexibility index (Phi) is 50.4. The van der Waals surface area contributed by atoms with Crippen molar-refractivity contribution in [3.05, 3.63) is 42.0 Å². The van der Waals surface area contributed by atoms with Crippen molar-refractivity contribution in [1.82, 2.24) is 79.4 Å². The first kappa shape index (κ1) is 113. The number of hydrogen-bond acceptors (Lipinski definition) is 25. The predicted octanol–water partition coefficient (Wildman–Crippen LogP) is 0.925. The van der Waals surface area contributed by atoms with E-state index in [0.717, 1.165) is 0 Å². The third kappa shape index (κ3) is 37.4. The molecule has 1 fully saturated rings. The van der Waals surface area contributed by atoms with Gasteiger partial charge in [-0.2, -0.15) is 0 Å². The van der Waals surface area contributed by atoms with Crippen LogP contribution in [-0.2, 0) is 83.2 Å². The summed E-state index contributed by atoms with van der Waals surface area (Å²) in [6, 6.07) is -11.9. The predicted molar refractivity (Wildman–Crippen MR) is 487 cm³/mol. The van der Waals surface area contributed by atoms with E-state index < -0.39 is 214 Å². The molecule has 0 spiro atoms. The number of benzene rings is 1. The van der Waals surface area contributed by atoms with Crippen LogP contribution in [0.4, 0.5) is 0 Å². The smallest absolute Gasteiger partial charge is 0.245 e. The lowest BCUT2D eigenvalue weighted by Crippen LogP contribution is -2.64. The average molecular weight is 1810 g/mol. The number of Topliss-reactive ketones (excluding diaryl/α,β-unsaturated/α-hetero) is 2. The normalized spacial score (nSPS) is 21.9. The van der Waals surface area contributed by atoms with Crippen molar-refractivity contribution in [2.75, 3.05) is 32.8 Å². The van der Waals surface area contributed by atoms with Gasteiger partial charge in [0.2, 0.25) is 88.4 Å². The van der Waals surface area contributed by atoms with Gasteiger partial charge in [0.25, 0.3) is 0 Å². The fourth-order valence-corrected chi connectivity index (χ4v) is 15.5. The molecule has 38 heteroatoms. The van der Waals surface area contributed by atoms with Crippen LogP contribution in [0.25, 0.3) is 0 Å². The number of carbonyl (C=O) groups is 15. The number of rotatable bonds is 50. The van der Waals surface area contributed by atoms with E-state index in [0.29, 0.717) is 89.0 Å². The van der Waals surface area contributed by atoms with E-state index in [9.17, 15) is 72.5 Å². The number of nitrogens with zero attached hydrogens (tertiary/aromatic N) is 1. The molecule has 0 aliphatic carbocycles. The second-order valence-corrected chi connectivity index (χ2v) is 36.9. The Morgan fingerprint density at radius 3 is 1.53 bits per heavy atom. The summed E-state index contributed by atoms with van der Waals surface area (Å²) in [5.41, 5.74) is 17.6. The number of phenols is 1. The Morgan fingerprint density at radius 1 is 0.539 bits per heavy atom. The maximum atomic E-state index is 15.3. The van der Waals surface area contributed by atoms with Gasteiger partial charge in [0.1, 0.15) is 78.3 Å². The van der Waals surface area contributed by atoms with Crippen LogP contribution in [0.5, 0.6) is 5.75 Å². The van der Waals surface area contributed by atoms with Crippen LogP contribution in [0.15, 0.2) is 36.4 Å². The average Bonchev–Trinajstić information content (AvgIpc) is 1.55. The highest BCUT2D eigenvalue weighted by Crippen LogP contribution is 2.26. The maximum absolute atomic E-state index is 15.3. The minimum absolute atomic E-state index is 0.0105. The molecule has 1 aromatic carbocycles. The van der Waals surface area contributed by atoms with E-state index in [1.165, 1.54) is 37.8 Å². The van der Waals surface area contributed by atoms with Gasteiger partial charge in [-0.1, -0.05) is 120 Å². The molecule has 1 aromatic rings. The summed E-state index contributed by atoms with van der Waals surface area (Å²) >= 11 is 0. The van der Waals surface area contributed by atoms with Gasteiger partial charge in [0, 0.05) is 13.0 Å². The van der Waals surface area contributed by atoms with Crippen LogP contribution < -0.4 is 103 Å². The molecular formula is C90H158N20O18. The molecule has 0 aromatic heterocycles. The van der Waals surface area contributed by atoms with Crippen LogP contribution in [0.2, 0.25) is 0 Å². The number of likely N-dealkylation sites (tertiary alicyclic amines) is 1. The van der Waals surface area contributed by atoms with E-state index in [4.69, 9.17) is 33.8 Å². The third-order valence-corrected chi connectivity index (χ3v) is 23.8. The summed E-state index contributed by atoms with van der Waals surface area (Å²) in [6.07, 6.45) is 8.95. The van der Waals surface area contributed by atoms with Crippen LogP contribution in [0.1, 0.15) is 258 Å². The molecule has 2 aliphatic heterocycles. The van der Waals surface area contributed by atoms with Crippen molar-refractivity contribution >= 4 is 88.4 Å². The molecule has 1 saturated heterocycles. The Labute approximate surface area is 757 Å². The highest BCUT2D eigenvalue weighted by atomic mass is 16.6. The number of ketones is 2. The molecule has 726 valence electrons. The quantitative estimate of drug-likeness (QED) is 0.0142. The van der Waals surface area contributed by atoms with Gasteiger partial charge in [-0.25, -0.2) is 11.3 Å². The summed E-state index contributed by atoms with van der Waals surface area (Å²) in [5.74, 6) is -3.04. The van der Waals surface area contributed by atoms with Gasteiger partial charge in [0.05, 0.1) is 35.9 Å². The number of nitrogens with two attached hydrogens (primary N) is 5. The number of unbranched alkanes of at least 4 members (excludes halogenated alkanes) is 3. The van der Waals surface area contributed by atoms with Crippen LogP contribution in [-0.4, -0.2) is 238 Å². The lowest BCUT2D eigenvalue weighted by atomic mass is 9.90. The number of aliphatic hydroxyl groups excluding tert-OH is 1. The number of allylic oxidation sites excluding steroid dienone is 2. The number of hydrogen-bond donors (Lipinski definition) is 21. The highest BCUT2D eigenvalue weighted by molar-refractivity contribution is 6.41. The standard InChI is InChI=1S/C90H158N20O18/c1-18-55(11)71-84(123)101-66(48-52(5)6)81(120)108-89(16,50-128-95)41-27-22-20-21-23-28-42-90(17,88(127)102-67(80(119)105-71)49-60-37-39-61(112)40-38-60)107-57(13)74(113)75(114)68-36-32-46-110(68)87(126)64(35-26-31-45-93)99-82(121)69(53(7)8)103-83(122)70(54(9)10)104-85(124)72(56(12)19-2)106-79(118)65(47-51(3)4)100-78(117)63(34-25-30-44-92)98-77(116)62(33-24-29-43-91)97-76(115)58(14)96-86(125)73(109-94)59(15)111/h20-21,37-40,51-59,62-73,107,109,111-112H,18-19,22-36,41-50,91-95H2,1-17H3,(H,96,125)(H,97,115)(H,98,116)(H,99,121)(H,100,117)(H,101,123)(H,102,127)(H,103,122)(H,104,124)(H,105,119)(H,106,118)(H,108,120)/t55-,56-,57-,58-,59+,62?,63-,64?,65?,66?,67?,68-,69-,70?,71-,72-,73-,89?,90?/m0/s1. The molecule has 2 aliphatic rings. The minimum Gasteiger partial charge on any atom is -0.508 e. The lowest BCUT2D eigenvalue weighted by Gasteiger charge is -2.35. The maximum Gasteiger partial charge on any atom is 0.245 e. The largest absolute Gasteiger partial charge is 0.508 e. The molecule has 13 amide bonds. The number of hydrazine groups is 1. The van der Waals surface area contributed by atoms with Crippen molar-refractivity contribution in [2.45, 2.75) is 361 Å². The molecule has 8 unspecified atom stereocenters. The zero-order valence-electron chi connectivity index (χ0n) is 78.9. The second-order valence-electron chi connectivity index (χ2n) is 36.9. The summed E-state index contributed by atoms with van der Waals surface area (Å²) in [5, 5.41) is 57.1. The first-order valence-electron chi connectivity index (χ1n) is 46.1. The first-order chi connectivity index (χ1) is 60.3. The van der Waals surface area contributed by atoms with E-state index in [2.05, 4.69) is 74.5 Å². The van der Waals surface area contributed by atoms with Gasteiger partial charge in [0.15, 0.2) is 0 Å². The Hall–Kier alpha value is -9.15. The van der Waals surface area contributed by atoms with E-state index >= 15 is 9.59 Å². The van der Waals surface area contributed by atoms with Crippen molar-refractivity contribution in [1.29, 1.82) is 0 Å². The second kappa shape index (κ2) is 57.1. The molecule has 0 saturated carbocycles. The molecular weight excluding hydrogens is 1650 g/mol. The molecule has 2 heterocycles. The Bertz CT molecular complexity index is 3780. The van der Waals surface area contributed by atoms with E-state index in [1.807, 2.05) is 46.8 Å². The number of amides is 13. The van der Waals surface area contributed by atoms with Crippen LogP contribution >= 0.6 is 0 Å². The summed E-state index contributed by atoms with van der Waals surface area (Å²) in [6.45, 7) is 29.4.